The molecule has 190 valence electrons. The van der Waals surface area contributed by atoms with Crippen molar-refractivity contribution in [3.8, 4) is 17.2 Å². The van der Waals surface area contributed by atoms with E-state index in [0.717, 1.165) is 28.5 Å². The summed E-state index contributed by atoms with van der Waals surface area (Å²) in [6, 6.07) is 23.0. The molecular formula is C29H25F3N2O3. The minimum atomic E-state index is -4.45. The molecule has 0 amide bonds. The average molecular weight is 507 g/mol. The van der Waals surface area contributed by atoms with Gasteiger partial charge < -0.3 is 18.8 Å². The molecule has 0 unspecified atom stereocenters. The molecule has 4 aromatic carbocycles. The van der Waals surface area contributed by atoms with E-state index in [2.05, 4.69) is 4.98 Å². The van der Waals surface area contributed by atoms with E-state index >= 15 is 0 Å². The van der Waals surface area contributed by atoms with Crippen molar-refractivity contribution in [2.24, 2.45) is 0 Å². The second kappa shape index (κ2) is 10.0. The maximum absolute atomic E-state index is 13.3. The summed E-state index contributed by atoms with van der Waals surface area (Å²) in [7, 11) is 3.15. The van der Waals surface area contributed by atoms with Gasteiger partial charge in [0.05, 0.1) is 30.8 Å². The summed E-state index contributed by atoms with van der Waals surface area (Å²) in [5.74, 6) is 2.45. The first-order valence-electron chi connectivity index (χ1n) is 11.7. The maximum atomic E-state index is 13.3. The van der Waals surface area contributed by atoms with Crippen LogP contribution in [0.25, 0.3) is 21.8 Å². The minimum absolute atomic E-state index is 0.111. The average Bonchev–Trinajstić information content (AvgIpc) is 3.26. The van der Waals surface area contributed by atoms with E-state index in [4.69, 9.17) is 14.2 Å². The molecule has 8 heteroatoms. The van der Waals surface area contributed by atoms with Crippen LogP contribution in [0.3, 0.4) is 0 Å². The fourth-order valence-corrected chi connectivity index (χ4v) is 4.40. The van der Waals surface area contributed by atoms with Gasteiger partial charge in [-0.3, -0.25) is 0 Å². The lowest BCUT2D eigenvalue weighted by molar-refractivity contribution is -0.137. The predicted molar refractivity (Wildman–Crippen MR) is 136 cm³/mol. The molecule has 0 N–H and O–H groups in total. The number of benzene rings is 4. The number of halogens is 3. The van der Waals surface area contributed by atoms with Crippen LogP contribution in [0.2, 0.25) is 0 Å². The van der Waals surface area contributed by atoms with E-state index in [1.54, 1.807) is 14.2 Å². The molecule has 37 heavy (non-hydrogen) atoms. The molecule has 0 atom stereocenters. The van der Waals surface area contributed by atoms with Crippen molar-refractivity contribution >= 4 is 21.8 Å². The summed E-state index contributed by atoms with van der Waals surface area (Å²) in [6.07, 6.45) is -3.84. The normalized spacial score (nSPS) is 11.7. The van der Waals surface area contributed by atoms with Gasteiger partial charge in [0.25, 0.3) is 0 Å². The number of ether oxygens (including phenoxy) is 3. The smallest absolute Gasteiger partial charge is 0.416 e. The van der Waals surface area contributed by atoms with Crippen molar-refractivity contribution in [2.45, 2.75) is 25.7 Å². The van der Waals surface area contributed by atoms with E-state index in [1.807, 2.05) is 65.2 Å². The SMILES string of the molecule is COc1ccc(CCn2c(COc3ccc4ccccc4c3)nc3cc(C(F)(F)F)ccc32)cc1OC. The highest BCUT2D eigenvalue weighted by molar-refractivity contribution is 5.83. The van der Waals surface area contributed by atoms with Gasteiger partial charge in [-0.15, -0.1) is 0 Å². The number of imidazole rings is 1. The zero-order chi connectivity index (χ0) is 26.0. The van der Waals surface area contributed by atoms with Crippen LogP contribution in [0.5, 0.6) is 17.2 Å². The first-order valence-corrected chi connectivity index (χ1v) is 11.7. The number of aromatic nitrogens is 2. The molecule has 1 aromatic heterocycles. The van der Waals surface area contributed by atoms with Crippen molar-refractivity contribution in [2.75, 3.05) is 14.2 Å². The van der Waals surface area contributed by atoms with E-state index in [1.165, 1.54) is 6.07 Å². The fourth-order valence-electron chi connectivity index (χ4n) is 4.40. The number of aryl methyl sites for hydroxylation is 2. The number of hydrogen-bond donors (Lipinski definition) is 0. The maximum Gasteiger partial charge on any atom is 0.416 e. The molecule has 0 bridgehead atoms. The van der Waals surface area contributed by atoms with Gasteiger partial charge in [-0.1, -0.05) is 36.4 Å². The number of nitrogens with zero attached hydrogens (tertiary/aromatic N) is 2. The molecule has 0 saturated heterocycles. The van der Waals surface area contributed by atoms with Crippen LogP contribution in [0.15, 0.2) is 78.9 Å². The topological polar surface area (TPSA) is 45.5 Å². The Bertz CT molecular complexity index is 1560. The molecule has 0 fully saturated rings. The largest absolute Gasteiger partial charge is 0.493 e. The van der Waals surface area contributed by atoms with E-state index in [9.17, 15) is 13.2 Å². The van der Waals surface area contributed by atoms with Crippen molar-refractivity contribution in [3.63, 3.8) is 0 Å². The first-order chi connectivity index (χ1) is 17.9. The Balaban J connectivity index is 1.45. The Morgan fingerprint density at radius 2 is 1.59 bits per heavy atom. The van der Waals surface area contributed by atoms with Crippen LogP contribution in [-0.2, 0) is 25.7 Å². The Morgan fingerprint density at radius 1 is 0.811 bits per heavy atom. The zero-order valence-corrected chi connectivity index (χ0v) is 20.4. The molecule has 0 radical (unpaired) electrons. The van der Waals surface area contributed by atoms with Gasteiger partial charge in [-0.2, -0.15) is 13.2 Å². The van der Waals surface area contributed by atoms with Crippen LogP contribution in [-0.4, -0.2) is 23.8 Å². The molecule has 0 aliphatic carbocycles. The first kappa shape index (κ1) is 24.5. The van der Waals surface area contributed by atoms with Crippen molar-refractivity contribution < 1.29 is 27.4 Å². The monoisotopic (exact) mass is 506 g/mol. The molecule has 5 nitrogen and oxygen atoms in total. The highest BCUT2D eigenvalue weighted by Gasteiger charge is 2.31. The standard InChI is InChI=1S/C29H25F3N2O3/c1-35-26-12-7-19(15-27(26)36-2)13-14-34-25-11-9-22(29(30,31)32)17-24(25)33-28(34)18-37-23-10-8-20-5-3-4-6-21(20)16-23/h3-12,15-17H,13-14,18H2,1-2H3. The Morgan fingerprint density at radius 3 is 2.35 bits per heavy atom. The molecule has 0 saturated carbocycles. The van der Waals surface area contributed by atoms with Crippen LogP contribution in [0, 0.1) is 0 Å². The number of methoxy groups -OCH3 is 2. The van der Waals surface area contributed by atoms with Crippen molar-refractivity contribution in [3.05, 3.63) is 95.8 Å². The second-order valence-electron chi connectivity index (χ2n) is 8.62. The summed E-state index contributed by atoms with van der Waals surface area (Å²) < 4.78 is 58.7. The molecule has 0 aliphatic heterocycles. The summed E-state index contributed by atoms with van der Waals surface area (Å²) in [5, 5.41) is 2.13. The van der Waals surface area contributed by atoms with Crippen LogP contribution >= 0.6 is 0 Å². The zero-order valence-electron chi connectivity index (χ0n) is 20.4. The summed E-state index contributed by atoms with van der Waals surface area (Å²) in [5.41, 5.74) is 1.16. The van der Waals surface area contributed by atoms with Gasteiger partial charge in [0.1, 0.15) is 18.2 Å². The molecule has 0 aliphatic rings. The third-order valence-electron chi connectivity index (χ3n) is 6.32. The number of fused-ring (bicyclic) bond motifs is 2. The van der Waals surface area contributed by atoms with Gasteiger partial charge in [0.15, 0.2) is 11.5 Å². The Hall–Kier alpha value is -4.20. The lowest BCUT2D eigenvalue weighted by Crippen LogP contribution is -2.09. The van der Waals surface area contributed by atoms with E-state index in [0.29, 0.717) is 41.6 Å². The van der Waals surface area contributed by atoms with Crippen molar-refractivity contribution in [1.29, 1.82) is 0 Å². The third-order valence-corrected chi connectivity index (χ3v) is 6.32. The van der Waals surface area contributed by atoms with Gasteiger partial charge in [-0.05, 0) is 65.2 Å². The van der Waals surface area contributed by atoms with Gasteiger partial charge in [-0.25, -0.2) is 4.98 Å². The minimum Gasteiger partial charge on any atom is -0.493 e. The molecule has 0 spiro atoms. The molecule has 5 rings (SSSR count). The highest BCUT2D eigenvalue weighted by Crippen LogP contribution is 2.32. The van der Waals surface area contributed by atoms with E-state index in [-0.39, 0.29) is 12.1 Å². The number of hydrogen-bond acceptors (Lipinski definition) is 4. The quantitative estimate of drug-likeness (QED) is 0.226. The lowest BCUT2D eigenvalue weighted by atomic mass is 10.1. The Labute approximate surface area is 212 Å². The van der Waals surface area contributed by atoms with Gasteiger partial charge in [0, 0.05) is 6.54 Å². The Kier molecular flexibility index (Phi) is 6.65. The van der Waals surface area contributed by atoms with E-state index < -0.39 is 11.7 Å². The lowest BCUT2D eigenvalue weighted by Gasteiger charge is -2.13. The summed E-state index contributed by atoms with van der Waals surface area (Å²) >= 11 is 0. The van der Waals surface area contributed by atoms with Crippen molar-refractivity contribution in [1.82, 2.24) is 9.55 Å². The highest BCUT2D eigenvalue weighted by atomic mass is 19.4. The number of rotatable bonds is 8. The van der Waals surface area contributed by atoms with Crippen LogP contribution in [0.1, 0.15) is 17.0 Å². The summed E-state index contributed by atoms with van der Waals surface area (Å²) in [6.45, 7) is 0.605. The molecule has 1 heterocycles. The van der Waals surface area contributed by atoms with Crippen LogP contribution < -0.4 is 14.2 Å². The predicted octanol–water partition coefficient (Wildman–Crippen LogP) is 7.05. The fraction of sp³-hybridized carbons (Fsp3) is 0.207. The molecular weight excluding hydrogens is 481 g/mol. The van der Waals surface area contributed by atoms with Gasteiger partial charge in [0.2, 0.25) is 0 Å². The summed E-state index contributed by atoms with van der Waals surface area (Å²) in [4.78, 5) is 4.53. The van der Waals surface area contributed by atoms with Gasteiger partial charge >= 0.3 is 6.18 Å². The molecule has 5 aromatic rings. The second-order valence-corrected chi connectivity index (χ2v) is 8.62. The third kappa shape index (κ3) is 5.18. The number of alkyl halides is 3. The van der Waals surface area contributed by atoms with Crippen LogP contribution in [0.4, 0.5) is 13.2 Å².